The zero-order valence-electron chi connectivity index (χ0n) is 12.4. The third kappa shape index (κ3) is 4.54. The number of hydrogen-bond acceptors (Lipinski definition) is 2. The molecule has 0 aliphatic carbocycles. The van der Waals surface area contributed by atoms with E-state index >= 15 is 0 Å². The van der Waals surface area contributed by atoms with Crippen molar-refractivity contribution < 1.29 is 0 Å². The van der Waals surface area contributed by atoms with E-state index in [9.17, 15) is 0 Å². The van der Waals surface area contributed by atoms with Gasteiger partial charge in [0.25, 0.3) is 0 Å². The minimum atomic E-state index is 0.667. The molecule has 1 aromatic rings. The molecule has 0 aromatic heterocycles. The maximum atomic E-state index is 3.60. The van der Waals surface area contributed by atoms with Crippen molar-refractivity contribution in [2.24, 2.45) is 0 Å². The van der Waals surface area contributed by atoms with Gasteiger partial charge in [0.2, 0.25) is 0 Å². The lowest BCUT2D eigenvalue weighted by atomic mass is 9.98. The van der Waals surface area contributed by atoms with E-state index in [-0.39, 0.29) is 0 Å². The highest BCUT2D eigenvalue weighted by molar-refractivity contribution is 5.45. The molecule has 2 nitrogen and oxygen atoms in total. The first-order valence-electron chi connectivity index (χ1n) is 7.87. The average Bonchev–Trinajstić information content (AvgIpc) is 2.48. The number of anilines is 1. The lowest BCUT2D eigenvalue weighted by Crippen LogP contribution is -2.35. The highest BCUT2D eigenvalue weighted by Crippen LogP contribution is 2.20. The Labute approximate surface area is 118 Å². The monoisotopic (exact) mass is 260 g/mol. The number of nitrogens with one attached hydrogen (secondary N) is 2. The van der Waals surface area contributed by atoms with E-state index in [1.165, 1.54) is 49.9 Å². The Kier molecular flexibility index (Phi) is 5.71. The van der Waals surface area contributed by atoms with E-state index in [1.807, 2.05) is 0 Å². The van der Waals surface area contributed by atoms with Crippen LogP contribution in [0.1, 0.15) is 57.4 Å². The fraction of sp³-hybridized carbons (Fsp3) is 0.647. The van der Waals surface area contributed by atoms with Crippen LogP contribution in [-0.2, 0) is 0 Å². The summed E-state index contributed by atoms with van der Waals surface area (Å²) in [6, 6.07) is 9.68. The second-order valence-corrected chi connectivity index (χ2v) is 5.79. The van der Waals surface area contributed by atoms with Gasteiger partial charge in [0.05, 0.1) is 0 Å². The van der Waals surface area contributed by atoms with Gasteiger partial charge in [0, 0.05) is 18.3 Å². The molecule has 1 saturated heterocycles. The Bertz CT molecular complexity index is 352. The van der Waals surface area contributed by atoms with Crippen molar-refractivity contribution >= 4 is 5.69 Å². The number of piperidine rings is 1. The van der Waals surface area contributed by atoms with Crippen LogP contribution < -0.4 is 10.6 Å². The van der Waals surface area contributed by atoms with Crippen LogP contribution in [0.2, 0.25) is 0 Å². The molecule has 0 spiro atoms. The molecule has 2 atom stereocenters. The van der Waals surface area contributed by atoms with Gasteiger partial charge in [-0.2, -0.15) is 0 Å². The SMILES string of the molecule is CCC(C)c1ccc(NCCC2CCCCN2)cc1. The number of rotatable bonds is 6. The predicted octanol–water partition coefficient (Wildman–Crippen LogP) is 4.14. The van der Waals surface area contributed by atoms with Crippen molar-refractivity contribution in [3.63, 3.8) is 0 Å². The first kappa shape index (κ1) is 14.4. The van der Waals surface area contributed by atoms with Crippen LogP contribution in [0, 0.1) is 0 Å². The molecule has 0 amide bonds. The maximum absolute atomic E-state index is 3.60. The normalized spacial score (nSPS) is 21.1. The molecule has 1 aliphatic rings. The van der Waals surface area contributed by atoms with Crippen molar-refractivity contribution in [2.45, 2.75) is 57.9 Å². The van der Waals surface area contributed by atoms with Gasteiger partial charge >= 0.3 is 0 Å². The molecular weight excluding hydrogens is 232 g/mol. The van der Waals surface area contributed by atoms with E-state index in [2.05, 4.69) is 48.7 Å². The van der Waals surface area contributed by atoms with E-state index in [1.54, 1.807) is 0 Å². The van der Waals surface area contributed by atoms with Gasteiger partial charge in [-0.05, 0) is 55.8 Å². The zero-order valence-corrected chi connectivity index (χ0v) is 12.4. The molecule has 106 valence electrons. The van der Waals surface area contributed by atoms with Crippen LogP contribution in [0.3, 0.4) is 0 Å². The van der Waals surface area contributed by atoms with Gasteiger partial charge in [0.15, 0.2) is 0 Å². The van der Waals surface area contributed by atoms with Gasteiger partial charge in [-0.3, -0.25) is 0 Å². The summed E-state index contributed by atoms with van der Waals surface area (Å²) in [4.78, 5) is 0. The van der Waals surface area contributed by atoms with Crippen LogP contribution in [0.15, 0.2) is 24.3 Å². The summed E-state index contributed by atoms with van der Waals surface area (Å²) in [7, 11) is 0. The molecule has 1 aliphatic heterocycles. The molecule has 2 rings (SSSR count). The van der Waals surface area contributed by atoms with Gasteiger partial charge in [0.1, 0.15) is 0 Å². The summed E-state index contributed by atoms with van der Waals surface area (Å²) >= 11 is 0. The van der Waals surface area contributed by atoms with Gasteiger partial charge in [-0.1, -0.05) is 32.4 Å². The molecule has 1 heterocycles. The summed E-state index contributed by atoms with van der Waals surface area (Å²) in [6.07, 6.45) is 6.52. The fourth-order valence-corrected chi connectivity index (χ4v) is 2.73. The topological polar surface area (TPSA) is 24.1 Å². The second kappa shape index (κ2) is 7.54. The molecule has 0 radical (unpaired) electrons. The van der Waals surface area contributed by atoms with Crippen LogP contribution in [0.4, 0.5) is 5.69 Å². The van der Waals surface area contributed by atoms with Crippen LogP contribution in [-0.4, -0.2) is 19.1 Å². The van der Waals surface area contributed by atoms with Crippen LogP contribution in [0.5, 0.6) is 0 Å². The Morgan fingerprint density at radius 3 is 2.68 bits per heavy atom. The van der Waals surface area contributed by atoms with Crippen LogP contribution in [0.25, 0.3) is 0 Å². The van der Waals surface area contributed by atoms with E-state index in [0.717, 1.165) is 12.6 Å². The van der Waals surface area contributed by atoms with E-state index in [0.29, 0.717) is 5.92 Å². The first-order chi connectivity index (χ1) is 9.29. The third-order valence-corrected chi connectivity index (χ3v) is 4.33. The summed E-state index contributed by atoms with van der Waals surface area (Å²) in [5, 5.41) is 7.13. The average molecular weight is 260 g/mol. The van der Waals surface area contributed by atoms with Gasteiger partial charge < -0.3 is 10.6 Å². The summed E-state index contributed by atoms with van der Waals surface area (Å²) in [5.41, 5.74) is 2.70. The Morgan fingerprint density at radius 2 is 2.05 bits per heavy atom. The lowest BCUT2D eigenvalue weighted by Gasteiger charge is -2.23. The van der Waals surface area contributed by atoms with Crippen molar-refractivity contribution in [1.29, 1.82) is 0 Å². The molecular formula is C17H28N2. The minimum absolute atomic E-state index is 0.667. The predicted molar refractivity (Wildman–Crippen MR) is 83.9 cm³/mol. The summed E-state index contributed by atoms with van der Waals surface area (Å²) < 4.78 is 0. The standard InChI is InChI=1S/C17H28N2/c1-3-14(2)15-7-9-17(10-8-15)19-13-11-16-6-4-5-12-18-16/h7-10,14,16,18-19H,3-6,11-13H2,1-2H3. The smallest absolute Gasteiger partial charge is 0.0340 e. The second-order valence-electron chi connectivity index (χ2n) is 5.79. The molecule has 19 heavy (non-hydrogen) atoms. The first-order valence-corrected chi connectivity index (χ1v) is 7.87. The molecule has 2 heteroatoms. The van der Waals surface area contributed by atoms with E-state index < -0.39 is 0 Å². The summed E-state index contributed by atoms with van der Waals surface area (Å²) in [6.45, 7) is 6.81. The molecule has 0 saturated carbocycles. The minimum Gasteiger partial charge on any atom is -0.385 e. The molecule has 2 unspecified atom stereocenters. The quantitative estimate of drug-likeness (QED) is 0.803. The summed E-state index contributed by atoms with van der Waals surface area (Å²) in [5.74, 6) is 0.667. The zero-order chi connectivity index (χ0) is 13.5. The highest BCUT2D eigenvalue weighted by atomic mass is 14.9. The number of benzene rings is 1. The number of hydrogen-bond donors (Lipinski definition) is 2. The maximum Gasteiger partial charge on any atom is 0.0340 e. The Balaban J connectivity index is 1.73. The Hall–Kier alpha value is -1.02. The van der Waals surface area contributed by atoms with Crippen molar-refractivity contribution in [2.75, 3.05) is 18.4 Å². The van der Waals surface area contributed by atoms with E-state index in [4.69, 9.17) is 0 Å². The van der Waals surface area contributed by atoms with Gasteiger partial charge in [-0.25, -0.2) is 0 Å². The molecule has 2 N–H and O–H groups in total. The Morgan fingerprint density at radius 1 is 1.26 bits per heavy atom. The third-order valence-electron chi connectivity index (χ3n) is 4.33. The lowest BCUT2D eigenvalue weighted by molar-refractivity contribution is 0.389. The van der Waals surface area contributed by atoms with Crippen molar-refractivity contribution in [3.8, 4) is 0 Å². The van der Waals surface area contributed by atoms with Crippen molar-refractivity contribution in [1.82, 2.24) is 5.32 Å². The highest BCUT2D eigenvalue weighted by Gasteiger charge is 2.11. The largest absolute Gasteiger partial charge is 0.385 e. The fourth-order valence-electron chi connectivity index (χ4n) is 2.73. The van der Waals surface area contributed by atoms with Crippen molar-refractivity contribution in [3.05, 3.63) is 29.8 Å². The molecule has 1 aromatic carbocycles. The molecule has 1 fully saturated rings. The van der Waals surface area contributed by atoms with Gasteiger partial charge in [-0.15, -0.1) is 0 Å². The molecule has 0 bridgehead atoms. The van der Waals surface area contributed by atoms with Crippen LogP contribution >= 0.6 is 0 Å².